The lowest BCUT2D eigenvalue weighted by molar-refractivity contribution is -0.123. The highest BCUT2D eigenvalue weighted by molar-refractivity contribution is 7.99. The molecule has 0 radical (unpaired) electrons. The number of rotatable bonds is 6. The van der Waals surface area contributed by atoms with E-state index in [1.165, 1.54) is 18.7 Å². The third-order valence-corrected chi connectivity index (χ3v) is 4.20. The van der Waals surface area contributed by atoms with Crippen LogP contribution < -0.4 is 5.32 Å². The Hall–Kier alpha value is -2.41. The molecule has 2 aromatic carbocycles. The molecule has 132 valence electrons. The van der Waals surface area contributed by atoms with Crippen LogP contribution >= 0.6 is 11.8 Å². The second-order valence-corrected chi connectivity index (χ2v) is 6.40. The first-order chi connectivity index (χ1) is 11.9. The lowest BCUT2D eigenvalue weighted by Gasteiger charge is -2.15. The molecule has 2 rings (SSSR count). The average molecular weight is 365 g/mol. The number of esters is 1. The summed E-state index contributed by atoms with van der Waals surface area (Å²) in [5.74, 6) is -2.10. The number of carbonyl (C=O) groups excluding carboxylic acids is 2. The van der Waals surface area contributed by atoms with Gasteiger partial charge in [-0.25, -0.2) is 13.6 Å². The molecule has 0 heterocycles. The van der Waals surface area contributed by atoms with E-state index in [9.17, 15) is 18.4 Å². The highest BCUT2D eigenvalue weighted by Crippen LogP contribution is 2.23. The van der Waals surface area contributed by atoms with Crippen molar-refractivity contribution in [3.63, 3.8) is 0 Å². The van der Waals surface area contributed by atoms with Gasteiger partial charge in [0.25, 0.3) is 5.91 Å². The molecule has 2 aromatic rings. The summed E-state index contributed by atoms with van der Waals surface area (Å²) in [4.78, 5) is 25.1. The molecule has 1 amide bonds. The quantitative estimate of drug-likeness (QED) is 0.614. The lowest BCUT2D eigenvalue weighted by Crippen LogP contribution is -2.30. The summed E-state index contributed by atoms with van der Waals surface area (Å²) in [6.45, 7) is 3.32. The zero-order valence-electron chi connectivity index (χ0n) is 13.7. The highest BCUT2D eigenvalue weighted by Gasteiger charge is 2.21. The molecule has 1 atom stereocenters. The Bertz CT molecular complexity index is 783. The third kappa shape index (κ3) is 5.03. The van der Waals surface area contributed by atoms with Gasteiger partial charge >= 0.3 is 5.97 Å². The van der Waals surface area contributed by atoms with Crippen LogP contribution in [0.2, 0.25) is 0 Å². The topological polar surface area (TPSA) is 55.4 Å². The maximum atomic E-state index is 13.6. The van der Waals surface area contributed by atoms with Crippen molar-refractivity contribution in [3.05, 3.63) is 59.7 Å². The zero-order valence-corrected chi connectivity index (χ0v) is 14.5. The number of anilines is 1. The van der Waals surface area contributed by atoms with Crippen molar-refractivity contribution in [1.82, 2.24) is 0 Å². The first kappa shape index (κ1) is 18.9. The number of hydrogen-bond acceptors (Lipinski definition) is 4. The van der Waals surface area contributed by atoms with E-state index in [0.717, 1.165) is 28.8 Å². The van der Waals surface area contributed by atoms with E-state index >= 15 is 0 Å². The van der Waals surface area contributed by atoms with Gasteiger partial charge in [-0.15, -0.1) is 11.8 Å². The number of thioether (sulfide) groups is 1. The number of amides is 1. The number of hydrogen-bond donors (Lipinski definition) is 1. The molecule has 0 fully saturated rings. The van der Waals surface area contributed by atoms with Gasteiger partial charge in [0.2, 0.25) is 0 Å². The maximum Gasteiger partial charge on any atom is 0.340 e. The summed E-state index contributed by atoms with van der Waals surface area (Å²) in [5.41, 5.74) is 0.0424. The van der Waals surface area contributed by atoms with Crippen LogP contribution in [0.1, 0.15) is 24.2 Å². The van der Waals surface area contributed by atoms with Crippen LogP contribution in [0.15, 0.2) is 47.4 Å². The van der Waals surface area contributed by atoms with Crippen molar-refractivity contribution in [2.75, 3.05) is 11.1 Å². The molecule has 7 heteroatoms. The summed E-state index contributed by atoms with van der Waals surface area (Å²) >= 11 is 1.48. The molecule has 0 saturated carbocycles. The molecule has 4 nitrogen and oxygen atoms in total. The Balaban J connectivity index is 2.06. The molecule has 25 heavy (non-hydrogen) atoms. The fraction of sp³-hybridized carbons (Fsp3) is 0.222. The monoisotopic (exact) mass is 365 g/mol. The van der Waals surface area contributed by atoms with Gasteiger partial charge in [-0.3, -0.25) is 4.79 Å². The standard InChI is InChI=1S/C18H17F2NO3S/c1-3-25-16-7-5-4-6-13(16)18(23)24-11(2)17(22)21-15-10-12(19)8-9-14(15)20/h4-11H,3H2,1-2H3,(H,21,22)/t11-/m0/s1. The van der Waals surface area contributed by atoms with E-state index in [2.05, 4.69) is 5.32 Å². The van der Waals surface area contributed by atoms with E-state index in [1.807, 2.05) is 6.92 Å². The lowest BCUT2D eigenvalue weighted by atomic mass is 10.2. The molecule has 0 saturated heterocycles. The molecule has 0 bridgehead atoms. The first-order valence-corrected chi connectivity index (χ1v) is 8.59. The third-order valence-electron chi connectivity index (χ3n) is 3.25. The van der Waals surface area contributed by atoms with Crippen molar-refractivity contribution in [1.29, 1.82) is 0 Å². The smallest absolute Gasteiger partial charge is 0.340 e. The Morgan fingerprint density at radius 2 is 1.92 bits per heavy atom. The summed E-state index contributed by atoms with van der Waals surface area (Å²) in [7, 11) is 0. The highest BCUT2D eigenvalue weighted by atomic mass is 32.2. The van der Waals surface area contributed by atoms with Crippen molar-refractivity contribution >= 4 is 29.3 Å². The number of ether oxygens (including phenoxy) is 1. The second kappa shape index (κ2) is 8.62. The number of benzene rings is 2. The van der Waals surface area contributed by atoms with Gasteiger partial charge < -0.3 is 10.1 Å². The van der Waals surface area contributed by atoms with Gasteiger partial charge in [0.15, 0.2) is 6.10 Å². The van der Waals surface area contributed by atoms with Crippen molar-refractivity contribution < 1.29 is 23.1 Å². The molecule has 0 aliphatic rings. The minimum absolute atomic E-state index is 0.310. The molecule has 0 aliphatic carbocycles. The van der Waals surface area contributed by atoms with Gasteiger partial charge in [-0.1, -0.05) is 19.1 Å². The first-order valence-electron chi connectivity index (χ1n) is 7.61. The molecule has 0 spiro atoms. The van der Waals surface area contributed by atoms with Crippen LogP contribution in [-0.2, 0) is 9.53 Å². The van der Waals surface area contributed by atoms with Crippen molar-refractivity contribution in [2.45, 2.75) is 24.8 Å². The van der Waals surface area contributed by atoms with Crippen molar-refractivity contribution in [2.24, 2.45) is 0 Å². The Morgan fingerprint density at radius 1 is 1.20 bits per heavy atom. The van der Waals surface area contributed by atoms with Gasteiger partial charge in [0.05, 0.1) is 11.3 Å². The van der Waals surface area contributed by atoms with Gasteiger partial charge in [0.1, 0.15) is 11.6 Å². The maximum absolute atomic E-state index is 13.6. The van der Waals surface area contributed by atoms with Crippen LogP contribution in [0, 0.1) is 11.6 Å². The van der Waals surface area contributed by atoms with E-state index in [0.29, 0.717) is 5.56 Å². The Kier molecular flexibility index (Phi) is 6.52. The SMILES string of the molecule is CCSc1ccccc1C(=O)O[C@@H](C)C(=O)Nc1cc(F)ccc1F. The summed E-state index contributed by atoms with van der Waals surface area (Å²) in [6.07, 6.45) is -1.17. The van der Waals surface area contributed by atoms with Gasteiger partial charge in [-0.05, 0) is 36.9 Å². The Labute approximate surface area is 148 Å². The van der Waals surface area contributed by atoms with Gasteiger partial charge in [0, 0.05) is 11.0 Å². The van der Waals surface area contributed by atoms with Crippen LogP contribution in [-0.4, -0.2) is 23.7 Å². The number of halogens is 2. The van der Waals surface area contributed by atoms with E-state index < -0.39 is 29.6 Å². The van der Waals surface area contributed by atoms with Crippen molar-refractivity contribution in [3.8, 4) is 0 Å². The fourth-order valence-electron chi connectivity index (χ4n) is 2.02. The summed E-state index contributed by atoms with van der Waals surface area (Å²) < 4.78 is 31.9. The molecular formula is C18H17F2NO3S. The predicted molar refractivity (Wildman–Crippen MR) is 92.7 cm³/mol. The number of nitrogens with one attached hydrogen (secondary N) is 1. The second-order valence-electron chi connectivity index (χ2n) is 5.09. The summed E-state index contributed by atoms with van der Waals surface area (Å²) in [5, 5.41) is 2.21. The minimum Gasteiger partial charge on any atom is -0.449 e. The molecule has 0 aromatic heterocycles. The number of carbonyl (C=O) groups is 2. The van der Waals surface area contributed by atoms with Crippen LogP contribution in [0.25, 0.3) is 0 Å². The predicted octanol–water partition coefficient (Wildman–Crippen LogP) is 4.26. The fourth-order valence-corrected chi connectivity index (χ4v) is 2.81. The summed E-state index contributed by atoms with van der Waals surface area (Å²) in [6, 6.07) is 9.60. The minimum atomic E-state index is -1.17. The molecule has 1 N–H and O–H groups in total. The van der Waals surface area contributed by atoms with E-state index in [1.54, 1.807) is 24.3 Å². The largest absolute Gasteiger partial charge is 0.449 e. The zero-order chi connectivity index (χ0) is 18.4. The van der Waals surface area contributed by atoms with Gasteiger partial charge in [-0.2, -0.15) is 0 Å². The normalized spacial score (nSPS) is 11.7. The van der Waals surface area contributed by atoms with E-state index in [4.69, 9.17) is 4.74 Å². The van der Waals surface area contributed by atoms with Crippen LogP contribution in [0.5, 0.6) is 0 Å². The van der Waals surface area contributed by atoms with Crippen LogP contribution in [0.3, 0.4) is 0 Å². The van der Waals surface area contributed by atoms with Crippen LogP contribution in [0.4, 0.5) is 14.5 Å². The molecule has 0 unspecified atom stereocenters. The molecule has 0 aliphatic heterocycles. The Morgan fingerprint density at radius 3 is 2.64 bits per heavy atom. The van der Waals surface area contributed by atoms with E-state index in [-0.39, 0.29) is 5.69 Å². The average Bonchev–Trinajstić information content (AvgIpc) is 2.58. The molecular weight excluding hydrogens is 348 g/mol.